The van der Waals surface area contributed by atoms with Crippen LogP contribution in [0.1, 0.15) is 32.6 Å². The molecule has 1 heterocycles. The lowest BCUT2D eigenvalue weighted by Crippen LogP contribution is -2.47. The number of carboxylic acid groups (broad SMARTS) is 1. The average molecular weight is 298 g/mol. The molecule has 2 aliphatic rings. The van der Waals surface area contributed by atoms with E-state index in [-0.39, 0.29) is 25.2 Å². The number of amides is 2. The highest BCUT2D eigenvalue weighted by atomic mass is 16.5. The fraction of sp³-hybridized carbons (Fsp3) is 0.867. The molecule has 2 fully saturated rings. The van der Waals surface area contributed by atoms with E-state index < -0.39 is 5.97 Å². The number of nitrogens with zero attached hydrogens (tertiary/aromatic N) is 2. The van der Waals surface area contributed by atoms with Crippen molar-refractivity contribution in [2.24, 2.45) is 11.8 Å². The molecule has 0 aromatic heterocycles. The Morgan fingerprint density at radius 3 is 2.48 bits per heavy atom. The highest BCUT2D eigenvalue weighted by Gasteiger charge is 2.35. The Morgan fingerprint density at radius 1 is 1.33 bits per heavy atom. The van der Waals surface area contributed by atoms with E-state index in [0.717, 1.165) is 25.3 Å². The Labute approximate surface area is 126 Å². The SMILES string of the molecule is CC1CC1CN(C)C(=O)N1CCC(OCCC(=O)O)CC1. The van der Waals surface area contributed by atoms with Crippen LogP contribution >= 0.6 is 0 Å². The minimum atomic E-state index is -0.835. The molecule has 1 N–H and O–H groups in total. The Morgan fingerprint density at radius 2 is 1.95 bits per heavy atom. The van der Waals surface area contributed by atoms with E-state index in [1.165, 1.54) is 6.42 Å². The van der Waals surface area contributed by atoms with E-state index in [1.54, 1.807) is 0 Å². The van der Waals surface area contributed by atoms with Crippen LogP contribution in [-0.2, 0) is 9.53 Å². The molecule has 1 aliphatic heterocycles. The van der Waals surface area contributed by atoms with Gasteiger partial charge in [-0.3, -0.25) is 4.79 Å². The molecule has 2 amide bonds. The van der Waals surface area contributed by atoms with Crippen molar-refractivity contribution in [2.75, 3.05) is 33.3 Å². The summed E-state index contributed by atoms with van der Waals surface area (Å²) < 4.78 is 5.54. The largest absolute Gasteiger partial charge is 0.481 e. The number of hydrogen-bond donors (Lipinski definition) is 1. The molecule has 0 aromatic rings. The van der Waals surface area contributed by atoms with Gasteiger partial charge < -0.3 is 19.6 Å². The molecular weight excluding hydrogens is 272 g/mol. The number of carboxylic acids is 1. The number of ether oxygens (including phenoxy) is 1. The van der Waals surface area contributed by atoms with Crippen molar-refractivity contribution < 1.29 is 19.4 Å². The number of hydrogen-bond acceptors (Lipinski definition) is 3. The summed E-state index contributed by atoms with van der Waals surface area (Å²) in [6.07, 6.45) is 2.94. The molecule has 0 radical (unpaired) electrons. The predicted molar refractivity (Wildman–Crippen MR) is 78.1 cm³/mol. The molecule has 21 heavy (non-hydrogen) atoms. The monoisotopic (exact) mass is 298 g/mol. The van der Waals surface area contributed by atoms with Crippen LogP contribution in [0.3, 0.4) is 0 Å². The second-order valence-electron chi connectivity index (χ2n) is 6.34. The Kier molecular flexibility index (Phi) is 5.45. The first kappa shape index (κ1) is 16.1. The highest BCUT2D eigenvalue weighted by molar-refractivity contribution is 5.74. The highest BCUT2D eigenvalue weighted by Crippen LogP contribution is 2.38. The smallest absolute Gasteiger partial charge is 0.319 e. The van der Waals surface area contributed by atoms with E-state index in [0.29, 0.717) is 19.0 Å². The van der Waals surface area contributed by atoms with E-state index in [2.05, 4.69) is 6.92 Å². The third-order valence-corrected chi connectivity index (χ3v) is 4.49. The summed E-state index contributed by atoms with van der Waals surface area (Å²) >= 11 is 0. The van der Waals surface area contributed by atoms with Crippen LogP contribution in [0, 0.1) is 11.8 Å². The summed E-state index contributed by atoms with van der Waals surface area (Å²) in [5.74, 6) is 0.600. The van der Waals surface area contributed by atoms with Crippen molar-refractivity contribution in [2.45, 2.75) is 38.7 Å². The van der Waals surface area contributed by atoms with E-state index in [1.807, 2.05) is 16.8 Å². The molecular formula is C15H26N2O4. The normalized spacial score (nSPS) is 25.7. The van der Waals surface area contributed by atoms with Gasteiger partial charge in [0.1, 0.15) is 0 Å². The third kappa shape index (κ3) is 4.88. The molecule has 0 spiro atoms. The van der Waals surface area contributed by atoms with Gasteiger partial charge in [-0.1, -0.05) is 6.92 Å². The van der Waals surface area contributed by atoms with Crippen molar-refractivity contribution in [3.63, 3.8) is 0 Å². The fourth-order valence-corrected chi connectivity index (χ4v) is 2.85. The van der Waals surface area contributed by atoms with Gasteiger partial charge in [0.2, 0.25) is 0 Å². The van der Waals surface area contributed by atoms with Crippen molar-refractivity contribution in [3.8, 4) is 0 Å². The van der Waals surface area contributed by atoms with Gasteiger partial charge in [-0.15, -0.1) is 0 Å². The Bertz CT molecular complexity index is 380. The lowest BCUT2D eigenvalue weighted by Gasteiger charge is -2.34. The van der Waals surface area contributed by atoms with Crippen molar-refractivity contribution in [3.05, 3.63) is 0 Å². The van der Waals surface area contributed by atoms with Gasteiger partial charge in [-0.05, 0) is 31.1 Å². The Hall–Kier alpha value is -1.30. The molecule has 0 bridgehead atoms. The van der Waals surface area contributed by atoms with Gasteiger partial charge in [0.25, 0.3) is 0 Å². The van der Waals surface area contributed by atoms with Gasteiger partial charge in [0, 0.05) is 26.7 Å². The maximum Gasteiger partial charge on any atom is 0.319 e. The van der Waals surface area contributed by atoms with Crippen LogP contribution in [0.15, 0.2) is 0 Å². The number of likely N-dealkylation sites (tertiary alicyclic amines) is 1. The fourth-order valence-electron chi connectivity index (χ4n) is 2.85. The lowest BCUT2D eigenvalue weighted by molar-refractivity contribution is -0.138. The molecule has 1 aliphatic carbocycles. The summed E-state index contributed by atoms with van der Waals surface area (Å²) in [5, 5.41) is 8.58. The summed E-state index contributed by atoms with van der Waals surface area (Å²) in [5.41, 5.74) is 0. The van der Waals surface area contributed by atoms with Crippen molar-refractivity contribution >= 4 is 12.0 Å². The van der Waals surface area contributed by atoms with Gasteiger partial charge in [-0.2, -0.15) is 0 Å². The summed E-state index contributed by atoms with van der Waals surface area (Å²) in [6.45, 7) is 4.73. The molecule has 1 saturated heterocycles. The summed E-state index contributed by atoms with van der Waals surface area (Å²) in [4.78, 5) is 26.5. The van der Waals surface area contributed by atoms with Crippen LogP contribution in [0.25, 0.3) is 0 Å². The molecule has 2 atom stereocenters. The predicted octanol–water partition coefficient (Wildman–Crippen LogP) is 1.65. The number of rotatable bonds is 6. The molecule has 6 nitrogen and oxygen atoms in total. The van der Waals surface area contributed by atoms with Crippen LogP contribution in [0.4, 0.5) is 4.79 Å². The van der Waals surface area contributed by atoms with Crippen molar-refractivity contribution in [1.82, 2.24) is 9.80 Å². The topological polar surface area (TPSA) is 70.1 Å². The minimum absolute atomic E-state index is 0.0431. The zero-order valence-corrected chi connectivity index (χ0v) is 13.0. The van der Waals surface area contributed by atoms with Crippen LogP contribution < -0.4 is 0 Å². The van der Waals surface area contributed by atoms with Crippen LogP contribution in [0.2, 0.25) is 0 Å². The first-order valence-corrected chi connectivity index (χ1v) is 7.80. The van der Waals surface area contributed by atoms with Gasteiger partial charge in [-0.25, -0.2) is 4.79 Å². The number of carbonyl (C=O) groups excluding carboxylic acids is 1. The van der Waals surface area contributed by atoms with Gasteiger partial charge >= 0.3 is 12.0 Å². The summed E-state index contributed by atoms with van der Waals surface area (Å²) in [6, 6.07) is 0.109. The second-order valence-corrected chi connectivity index (χ2v) is 6.34. The van der Waals surface area contributed by atoms with Crippen molar-refractivity contribution in [1.29, 1.82) is 0 Å². The quantitative estimate of drug-likeness (QED) is 0.809. The van der Waals surface area contributed by atoms with E-state index in [4.69, 9.17) is 9.84 Å². The van der Waals surface area contributed by atoms with Gasteiger partial charge in [0.15, 0.2) is 0 Å². The van der Waals surface area contributed by atoms with Crippen LogP contribution in [-0.4, -0.2) is 66.3 Å². The molecule has 0 aromatic carbocycles. The van der Waals surface area contributed by atoms with E-state index >= 15 is 0 Å². The number of urea groups is 1. The zero-order valence-electron chi connectivity index (χ0n) is 13.0. The maximum atomic E-state index is 12.3. The molecule has 2 rings (SSSR count). The first-order chi connectivity index (χ1) is 9.97. The number of carbonyl (C=O) groups is 2. The molecule has 6 heteroatoms. The summed E-state index contributed by atoms with van der Waals surface area (Å²) in [7, 11) is 1.88. The number of aliphatic carboxylic acids is 1. The molecule has 120 valence electrons. The minimum Gasteiger partial charge on any atom is -0.481 e. The number of piperidine rings is 1. The molecule has 2 unspecified atom stereocenters. The lowest BCUT2D eigenvalue weighted by atomic mass is 10.1. The Balaban J connectivity index is 1.65. The third-order valence-electron chi connectivity index (χ3n) is 4.49. The van der Waals surface area contributed by atoms with E-state index in [9.17, 15) is 9.59 Å². The standard InChI is InChI=1S/C15H26N2O4/c1-11-9-12(11)10-16(2)15(20)17-6-3-13(4-7-17)21-8-5-14(18)19/h11-13H,3-10H2,1-2H3,(H,18,19). The van der Waals surface area contributed by atoms with Crippen LogP contribution in [0.5, 0.6) is 0 Å². The molecule has 1 saturated carbocycles. The second kappa shape index (κ2) is 7.11. The zero-order chi connectivity index (χ0) is 15.4. The van der Waals surface area contributed by atoms with Gasteiger partial charge in [0.05, 0.1) is 19.1 Å². The maximum absolute atomic E-state index is 12.3. The average Bonchev–Trinajstić information content (AvgIpc) is 3.13. The first-order valence-electron chi connectivity index (χ1n) is 7.80.